The molecule has 0 unspecified atom stereocenters. The smallest absolute Gasteiger partial charge is 0.303 e. The highest BCUT2D eigenvalue weighted by Crippen LogP contribution is 2.28. The van der Waals surface area contributed by atoms with Gasteiger partial charge in [-0.05, 0) is 50.2 Å². The number of likely N-dealkylation sites (tertiary alicyclic amines) is 1. The molecule has 3 aromatic heterocycles. The number of ether oxygens (including phenoxy) is 1. The molecule has 9 heteroatoms. The van der Waals surface area contributed by atoms with Crippen molar-refractivity contribution in [2.45, 2.75) is 45.4 Å². The molecule has 0 bridgehead atoms. The van der Waals surface area contributed by atoms with Gasteiger partial charge in [0, 0.05) is 30.8 Å². The van der Waals surface area contributed by atoms with Gasteiger partial charge in [-0.15, -0.1) is 0 Å². The summed E-state index contributed by atoms with van der Waals surface area (Å²) in [4.78, 5) is 22.5. The van der Waals surface area contributed by atoms with Crippen LogP contribution in [0.2, 0.25) is 0 Å². The molecule has 0 radical (unpaired) electrons. The molecule has 1 aromatic carbocycles. The van der Waals surface area contributed by atoms with E-state index in [0.29, 0.717) is 29.9 Å². The third kappa shape index (κ3) is 5.26. The van der Waals surface area contributed by atoms with Crippen LogP contribution in [-0.2, 0) is 29.2 Å². The first-order valence-electron chi connectivity index (χ1n) is 11.5. The molecule has 0 spiro atoms. The second-order valence-corrected chi connectivity index (χ2v) is 8.49. The van der Waals surface area contributed by atoms with Gasteiger partial charge in [0.15, 0.2) is 5.82 Å². The summed E-state index contributed by atoms with van der Waals surface area (Å²) in [5, 5.41) is 4.16. The normalized spacial score (nSPS) is 15.0. The predicted molar refractivity (Wildman–Crippen MR) is 122 cm³/mol. The largest absolute Gasteiger partial charge is 0.461 e. The molecule has 34 heavy (non-hydrogen) atoms. The third-order valence-electron chi connectivity index (χ3n) is 6.02. The van der Waals surface area contributed by atoms with Crippen molar-refractivity contribution >= 4 is 5.97 Å². The lowest BCUT2D eigenvalue weighted by Crippen LogP contribution is -2.33. The van der Waals surface area contributed by atoms with Crippen LogP contribution in [0.15, 0.2) is 63.8 Å². The number of imidazole rings is 1. The number of nitrogens with zero attached hydrogens (tertiary/aromatic N) is 5. The summed E-state index contributed by atoms with van der Waals surface area (Å²) in [6.07, 6.45) is 5.85. The molecule has 9 nitrogen and oxygen atoms in total. The van der Waals surface area contributed by atoms with Gasteiger partial charge in [0.25, 0.3) is 5.89 Å². The maximum atomic E-state index is 11.0. The van der Waals surface area contributed by atoms with Crippen molar-refractivity contribution in [2.24, 2.45) is 0 Å². The van der Waals surface area contributed by atoms with Crippen molar-refractivity contribution in [3.05, 3.63) is 78.0 Å². The number of carbonyl (C=O) groups is 1. The zero-order chi connectivity index (χ0) is 23.3. The van der Waals surface area contributed by atoms with Crippen LogP contribution in [0.5, 0.6) is 0 Å². The van der Waals surface area contributed by atoms with E-state index in [-0.39, 0.29) is 12.6 Å². The maximum Gasteiger partial charge on any atom is 0.303 e. The van der Waals surface area contributed by atoms with E-state index in [4.69, 9.17) is 13.7 Å². The van der Waals surface area contributed by atoms with Gasteiger partial charge < -0.3 is 18.2 Å². The molecule has 1 saturated heterocycles. The molecular formula is C25H27N5O4. The fourth-order valence-corrected chi connectivity index (χ4v) is 4.31. The number of benzene rings is 1. The molecule has 0 saturated carbocycles. The van der Waals surface area contributed by atoms with Gasteiger partial charge in [-0.1, -0.05) is 23.4 Å². The number of carbonyl (C=O) groups excluding carboxylic acids is 1. The summed E-state index contributed by atoms with van der Waals surface area (Å²) in [7, 11) is 0. The number of aromatic nitrogens is 4. The Kier molecular flexibility index (Phi) is 6.53. The van der Waals surface area contributed by atoms with E-state index < -0.39 is 0 Å². The molecule has 176 valence electrons. The fraction of sp³-hybridized carbons (Fsp3) is 0.360. The summed E-state index contributed by atoms with van der Waals surface area (Å²) < 4.78 is 18.4. The Balaban J connectivity index is 1.16. The van der Waals surface area contributed by atoms with E-state index in [9.17, 15) is 4.79 Å². The predicted octanol–water partition coefficient (Wildman–Crippen LogP) is 4.02. The second-order valence-electron chi connectivity index (χ2n) is 8.49. The molecule has 4 heterocycles. The second kappa shape index (κ2) is 10.0. The molecule has 1 aliphatic heterocycles. The number of hydrogen-bond acceptors (Lipinski definition) is 8. The summed E-state index contributed by atoms with van der Waals surface area (Å²) in [5.41, 5.74) is 0.912. The van der Waals surface area contributed by atoms with E-state index in [1.165, 1.54) is 6.92 Å². The van der Waals surface area contributed by atoms with Crippen LogP contribution in [0.25, 0.3) is 11.5 Å². The minimum Gasteiger partial charge on any atom is -0.461 e. The highest BCUT2D eigenvalue weighted by molar-refractivity contribution is 5.65. The van der Waals surface area contributed by atoms with Crippen molar-refractivity contribution in [3.63, 3.8) is 0 Å². The zero-order valence-electron chi connectivity index (χ0n) is 19.1. The molecule has 0 atom stereocenters. The van der Waals surface area contributed by atoms with Crippen molar-refractivity contribution in [1.29, 1.82) is 0 Å². The molecule has 4 aromatic rings. The van der Waals surface area contributed by atoms with Crippen LogP contribution in [-0.4, -0.2) is 43.7 Å². The first kappa shape index (κ1) is 22.1. The SMILES string of the molecule is CC(=O)OCc1ccc(CN2CCC(c3nccn3Cc3noc(-c4ccccc4)n3)CC2)o1. The Labute approximate surface area is 197 Å². The maximum absolute atomic E-state index is 11.0. The average molecular weight is 462 g/mol. The van der Waals surface area contributed by atoms with Crippen LogP contribution >= 0.6 is 0 Å². The first-order chi connectivity index (χ1) is 16.6. The Bertz CT molecular complexity index is 1220. The number of esters is 1. The fourth-order valence-electron chi connectivity index (χ4n) is 4.31. The number of rotatable bonds is 8. The number of furan rings is 1. The molecule has 0 N–H and O–H groups in total. The van der Waals surface area contributed by atoms with Gasteiger partial charge in [-0.3, -0.25) is 9.69 Å². The van der Waals surface area contributed by atoms with Crippen molar-refractivity contribution in [1.82, 2.24) is 24.6 Å². The lowest BCUT2D eigenvalue weighted by atomic mass is 9.96. The molecule has 0 aliphatic carbocycles. The number of hydrogen-bond donors (Lipinski definition) is 0. The van der Waals surface area contributed by atoms with Crippen LogP contribution in [0.3, 0.4) is 0 Å². The van der Waals surface area contributed by atoms with Crippen LogP contribution < -0.4 is 0 Å². The first-order valence-corrected chi connectivity index (χ1v) is 11.5. The molecule has 1 aliphatic rings. The van der Waals surface area contributed by atoms with Crippen molar-refractivity contribution in [2.75, 3.05) is 13.1 Å². The Hall–Kier alpha value is -3.72. The van der Waals surface area contributed by atoms with Crippen LogP contribution in [0.4, 0.5) is 0 Å². The van der Waals surface area contributed by atoms with Crippen LogP contribution in [0, 0.1) is 0 Å². The highest BCUT2D eigenvalue weighted by atomic mass is 16.5. The van der Waals surface area contributed by atoms with Gasteiger partial charge in [0.05, 0.1) is 13.1 Å². The minimum atomic E-state index is -0.311. The van der Waals surface area contributed by atoms with E-state index in [1.807, 2.05) is 54.9 Å². The monoisotopic (exact) mass is 461 g/mol. The third-order valence-corrected chi connectivity index (χ3v) is 6.02. The van der Waals surface area contributed by atoms with Crippen molar-refractivity contribution < 1.29 is 18.5 Å². The topological polar surface area (TPSA) is 99.4 Å². The Morgan fingerprint density at radius 3 is 2.68 bits per heavy atom. The van der Waals surface area contributed by atoms with Gasteiger partial charge in [-0.25, -0.2) is 4.98 Å². The molecule has 5 rings (SSSR count). The Morgan fingerprint density at radius 2 is 1.88 bits per heavy atom. The zero-order valence-corrected chi connectivity index (χ0v) is 19.1. The van der Waals surface area contributed by atoms with Gasteiger partial charge >= 0.3 is 5.97 Å². The van der Waals surface area contributed by atoms with E-state index >= 15 is 0 Å². The van der Waals surface area contributed by atoms with E-state index in [2.05, 4.69) is 24.6 Å². The van der Waals surface area contributed by atoms with Gasteiger partial charge in [0.1, 0.15) is 24.0 Å². The quantitative estimate of drug-likeness (QED) is 0.363. The lowest BCUT2D eigenvalue weighted by Gasteiger charge is -2.31. The van der Waals surface area contributed by atoms with Gasteiger partial charge in [-0.2, -0.15) is 4.98 Å². The lowest BCUT2D eigenvalue weighted by molar-refractivity contribution is -0.142. The summed E-state index contributed by atoms with van der Waals surface area (Å²) in [6.45, 7) is 4.75. The van der Waals surface area contributed by atoms with Crippen molar-refractivity contribution in [3.8, 4) is 11.5 Å². The molecule has 1 fully saturated rings. The van der Waals surface area contributed by atoms with Gasteiger partial charge in [0.2, 0.25) is 0 Å². The van der Waals surface area contributed by atoms with E-state index in [1.54, 1.807) is 0 Å². The minimum absolute atomic E-state index is 0.174. The summed E-state index contributed by atoms with van der Waals surface area (Å²) in [6, 6.07) is 13.6. The molecule has 0 amide bonds. The molecular weight excluding hydrogens is 434 g/mol. The number of piperidine rings is 1. The summed E-state index contributed by atoms with van der Waals surface area (Å²) in [5.74, 6) is 3.84. The standard InChI is InChI=1S/C25H27N5O4/c1-18(31)32-17-22-8-7-21(33-22)15-29-12-9-19(10-13-29)24-26-11-14-30(24)16-23-27-25(34-28-23)20-5-3-2-4-6-20/h2-8,11,14,19H,9-10,12-13,15-17H2,1H3. The average Bonchev–Trinajstić information content (AvgIpc) is 3.61. The van der Waals surface area contributed by atoms with Crippen LogP contribution in [0.1, 0.15) is 48.9 Å². The highest BCUT2D eigenvalue weighted by Gasteiger charge is 2.25. The summed E-state index contributed by atoms with van der Waals surface area (Å²) >= 11 is 0. The Morgan fingerprint density at radius 1 is 1.09 bits per heavy atom. The van der Waals surface area contributed by atoms with E-state index in [0.717, 1.165) is 49.6 Å².